The summed E-state index contributed by atoms with van der Waals surface area (Å²) in [6.07, 6.45) is -3.92. The van der Waals surface area contributed by atoms with Gasteiger partial charge in [-0.25, -0.2) is 0 Å². The number of halogens is 3. The van der Waals surface area contributed by atoms with Crippen molar-refractivity contribution in [1.29, 1.82) is 0 Å². The first-order chi connectivity index (χ1) is 8.80. The minimum Gasteiger partial charge on any atom is -0.661 e. The van der Waals surface area contributed by atoms with Crippen LogP contribution in [0.15, 0.2) is 29.3 Å². The van der Waals surface area contributed by atoms with Crippen molar-refractivity contribution in [3.05, 3.63) is 46.7 Å². The molecule has 0 spiro atoms. The Labute approximate surface area is 160 Å². The number of allylic oxidation sites excluding steroid dienone is 2. The summed E-state index contributed by atoms with van der Waals surface area (Å²) in [6.45, 7) is 4.58. The van der Waals surface area contributed by atoms with E-state index in [1.54, 1.807) is 25.3 Å². The van der Waals surface area contributed by atoms with Crippen LogP contribution in [0, 0.1) is 61.9 Å². The van der Waals surface area contributed by atoms with E-state index in [-0.39, 0.29) is 54.3 Å². The Kier molecular flexibility index (Phi) is 9.46. The number of ether oxygens (including phenoxy) is 1. The first kappa shape index (κ1) is 20.3. The summed E-state index contributed by atoms with van der Waals surface area (Å²) in [4.78, 5) is 11.8. The summed E-state index contributed by atoms with van der Waals surface area (Å²) in [7, 11) is 0. The zero-order valence-corrected chi connectivity index (χ0v) is 14.1. The molecular weight excluding hydrogens is 429 g/mol. The molecule has 111 valence electrons. The number of carbonyl (C=O) groups is 1. The van der Waals surface area contributed by atoms with Crippen LogP contribution in [0.2, 0.25) is 0 Å². The molecule has 1 radical (unpaired) electrons. The Morgan fingerprint density at radius 1 is 1.50 bits per heavy atom. The zero-order chi connectivity index (χ0) is 14.5. The van der Waals surface area contributed by atoms with Crippen LogP contribution in [0.4, 0.5) is 13.2 Å². The van der Waals surface area contributed by atoms with Gasteiger partial charge in [0.25, 0.3) is 0 Å². The standard InChI is InChI=1S/C13H13F3O2S.Eu/c1-9(2)5-6-18-12(13(14,15)16)8-10(17)11-4-3-7-19-11;/h3-4,6-8H,5H2,1-2H3;/q-2;+2/b12-8+;. The smallest absolute Gasteiger partial charge is 0.661 e. The molecule has 0 fully saturated rings. The average molecular weight is 442 g/mol. The van der Waals surface area contributed by atoms with Gasteiger partial charge in [0.15, 0.2) is 11.5 Å². The number of ketones is 1. The van der Waals surface area contributed by atoms with Gasteiger partial charge in [-0.15, -0.1) is 11.3 Å². The second kappa shape index (κ2) is 9.33. The van der Waals surface area contributed by atoms with Crippen LogP contribution in [-0.4, -0.2) is 12.0 Å². The van der Waals surface area contributed by atoms with E-state index < -0.39 is 17.7 Å². The molecule has 0 aromatic carbocycles. The van der Waals surface area contributed by atoms with E-state index >= 15 is 0 Å². The molecule has 0 N–H and O–H groups in total. The van der Waals surface area contributed by atoms with E-state index in [2.05, 4.69) is 4.74 Å². The third-order valence-electron chi connectivity index (χ3n) is 2.01. The molecule has 0 saturated carbocycles. The van der Waals surface area contributed by atoms with E-state index in [4.69, 9.17) is 0 Å². The van der Waals surface area contributed by atoms with E-state index in [0.29, 0.717) is 12.5 Å². The molecule has 0 aliphatic rings. The summed E-state index contributed by atoms with van der Waals surface area (Å²) in [5.41, 5.74) is 0. The SMILES string of the molecule is C[C-](C)C[CH-]O/C(=C/C(=O)c1cccs1)C(F)(F)F.[Eu+2]. The number of hydrogen-bond donors (Lipinski definition) is 0. The molecule has 0 amide bonds. The largest absolute Gasteiger partial charge is 2.00 e. The molecule has 1 rings (SSSR count). The number of carbonyl (C=O) groups excluding carboxylic acids is 1. The number of thiophene rings is 1. The van der Waals surface area contributed by atoms with Gasteiger partial charge in [0, 0.05) is 6.08 Å². The quantitative estimate of drug-likeness (QED) is 0.280. The molecule has 1 heterocycles. The molecule has 0 unspecified atom stereocenters. The summed E-state index contributed by atoms with van der Waals surface area (Å²) >= 11 is 1.08. The van der Waals surface area contributed by atoms with Gasteiger partial charge in [0.05, 0.1) is 4.88 Å². The van der Waals surface area contributed by atoms with Gasteiger partial charge in [-0.05, 0) is 11.4 Å². The maximum Gasteiger partial charge on any atom is 2.00 e. The average Bonchev–Trinajstić information content (AvgIpc) is 2.79. The Morgan fingerprint density at radius 2 is 2.15 bits per heavy atom. The van der Waals surface area contributed by atoms with E-state index in [0.717, 1.165) is 23.9 Å². The maximum atomic E-state index is 12.7. The summed E-state index contributed by atoms with van der Waals surface area (Å²) in [6, 6.07) is 3.06. The van der Waals surface area contributed by atoms with Crippen molar-refractivity contribution in [1.82, 2.24) is 0 Å². The fraction of sp³-hybridized carbons (Fsp3) is 0.308. The number of rotatable bonds is 6. The zero-order valence-electron chi connectivity index (χ0n) is 10.8. The van der Waals surface area contributed by atoms with Gasteiger partial charge >= 0.3 is 55.6 Å². The van der Waals surface area contributed by atoms with Crippen LogP contribution in [0.25, 0.3) is 0 Å². The minimum absolute atomic E-state index is 0. The predicted octanol–water partition coefficient (Wildman–Crippen LogP) is 4.56. The summed E-state index contributed by atoms with van der Waals surface area (Å²) in [5.74, 6) is -1.11. The van der Waals surface area contributed by atoms with E-state index in [9.17, 15) is 18.0 Å². The molecule has 0 atom stereocenters. The third-order valence-corrected chi connectivity index (χ3v) is 2.89. The van der Waals surface area contributed by atoms with Crippen LogP contribution in [-0.2, 0) is 4.74 Å². The van der Waals surface area contributed by atoms with Gasteiger partial charge in [-0.1, -0.05) is 6.07 Å². The molecule has 0 saturated heterocycles. The van der Waals surface area contributed by atoms with Crippen molar-refractivity contribution >= 4 is 17.1 Å². The summed E-state index contributed by atoms with van der Waals surface area (Å²) in [5, 5.41) is 1.62. The molecule has 0 aliphatic heterocycles. The van der Waals surface area contributed by atoms with Gasteiger partial charge in [-0.3, -0.25) is 11.2 Å². The molecule has 0 aliphatic carbocycles. The van der Waals surface area contributed by atoms with Crippen molar-refractivity contribution in [2.75, 3.05) is 0 Å². The van der Waals surface area contributed by atoms with Crippen molar-refractivity contribution in [3.63, 3.8) is 0 Å². The van der Waals surface area contributed by atoms with Crippen molar-refractivity contribution in [2.45, 2.75) is 26.4 Å². The van der Waals surface area contributed by atoms with Gasteiger partial charge in [0.2, 0.25) is 0 Å². The fourth-order valence-corrected chi connectivity index (χ4v) is 1.73. The van der Waals surface area contributed by atoms with Crippen LogP contribution >= 0.6 is 11.3 Å². The second-order valence-electron chi connectivity index (χ2n) is 4.04. The molecule has 0 bridgehead atoms. The van der Waals surface area contributed by atoms with Crippen LogP contribution in [0.3, 0.4) is 0 Å². The molecular formula is C13H13EuF3O2S. The Bertz CT molecular complexity index is 439. The molecule has 2 nitrogen and oxygen atoms in total. The maximum absolute atomic E-state index is 12.7. The van der Waals surface area contributed by atoms with Crippen molar-refractivity contribution < 1.29 is 72.1 Å². The fourth-order valence-electron chi connectivity index (χ4n) is 1.09. The molecule has 20 heavy (non-hydrogen) atoms. The van der Waals surface area contributed by atoms with E-state index in [1.165, 1.54) is 6.07 Å². The monoisotopic (exact) mass is 443 g/mol. The van der Waals surface area contributed by atoms with Gasteiger partial charge < -0.3 is 10.7 Å². The summed E-state index contributed by atoms with van der Waals surface area (Å²) < 4.78 is 42.6. The molecule has 1 aromatic heterocycles. The Balaban J connectivity index is 0.00000361. The van der Waals surface area contributed by atoms with Crippen molar-refractivity contribution in [3.8, 4) is 0 Å². The minimum atomic E-state index is -4.69. The van der Waals surface area contributed by atoms with Crippen LogP contribution in [0.5, 0.6) is 0 Å². The first-order valence-corrected chi connectivity index (χ1v) is 6.32. The number of alkyl halides is 3. The van der Waals surface area contributed by atoms with Gasteiger partial charge in [0.1, 0.15) is 0 Å². The topological polar surface area (TPSA) is 26.3 Å². The molecule has 1 aromatic rings. The third kappa shape index (κ3) is 7.34. The van der Waals surface area contributed by atoms with E-state index in [1.807, 2.05) is 0 Å². The van der Waals surface area contributed by atoms with Crippen LogP contribution < -0.4 is 0 Å². The van der Waals surface area contributed by atoms with Crippen molar-refractivity contribution in [2.24, 2.45) is 0 Å². The normalized spacial score (nSPS) is 12.2. The first-order valence-electron chi connectivity index (χ1n) is 5.45. The van der Waals surface area contributed by atoms with Gasteiger partial charge in [-0.2, -0.15) is 33.6 Å². The Hall–Kier alpha value is 0.284. The van der Waals surface area contributed by atoms with Crippen LogP contribution in [0.1, 0.15) is 29.9 Å². The molecule has 7 heteroatoms. The second-order valence-corrected chi connectivity index (χ2v) is 4.99. The Morgan fingerprint density at radius 3 is 2.60 bits per heavy atom. The number of hydrogen-bond acceptors (Lipinski definition) is 3. The predicted molar refractivity (Wildman–Crippen MR) is 67.4 cm³/mol.